The Hall–Kier alpha value is -2.48. The molecular formula is C38H64O15. The molecule has 0 saturated carbocycles. The molecule has 15 nitrogen and oxygen atoms in total. The highest BCUT2D eigenvalue weighted by Gasteiger charge is 1.97. The van der Waals surface area contributed by atoms with Crippen LogP contribution in [-0.4, -0.2) is 182 Å². The Morgan fingerprint density at radius 1 is 0.245 bits per heavy atom. The summed E-state index contributed by atoms with van der Waals surface area (Å²) in [6.45, 7) is 12.2. The fourth-order valence-electron chi connectivity index (χ4n) is 3.78. The average Bonchev–Trinajstić information content (AvgIpc) is 3.19. The van der Waals surface area contributed by atoms with Gasteiger partial charge in [-0.05, 0) is 24.3 Å². The van der Waals surface area contributed by atoms with E-state index in [0.717, 1.165) is 11.5 Å². The summed E-state index contributed by atoms with van der Waals surface area (Å²) in [7, 11) is 0. The van der Waals surface area contributed by atoms with E-state index in [1.54, 1.807) is 0 Å². The maximum Gasteiger partial charge on any atom is 0.119 e. The quantitative estimate of drug-likeness (QED) is 0.0956. The number of hydrogen-bond acceptors (Lipinski definition) is 15. The first-order valence-electron chi connectivity index (χ1n) is 18.3. The lowest BCUT2D eigenvalue weighted by atomic mass is 10.3. The van der Waals surface area contributed by atoms with Gasteiger partial charge in [0.05, 0.1) is 159 Å². The second-order valence-corrected chi connectivity index (χ2v) is 10.5. The van der Waals surface area contributed by atoms with Crippen molar-refractivity contribution in [3.63, 3.8) is 0 Å². The van der Waals surface area contributed by atoms with Crippen LogP contribution in [0.5, 0.6) is 11.5 Å². The smallest absolute Gasteiger partial charge is 0.119 e. The highest BCUT2D eigenvalue weighted by atomic mass is 16.6. The average molecular weight is 761 g/mol. The van der Waals surface area contributed by atoms with Crippen LogP contribution in [0.4, 0.5) is 0 Å². The Kier molecular flexibility index (Phi) is 38.7. The van der Waals surface area contributed by atoms with Crippen LogP contribution in [0.2, 0.25) is 0 Å². The molecule has 0 amide bonds. The van der Waals surface area contributed by atoms with E-state index in [1.165, 1.54) is 0 Å². The number of aliphatic hydroxyl groups is 2. The number of benzene rings is 2. The zero-order chi connectivity index (χ0) is 37.8. The number of para-hydroxylation sites is 2. The first kappa shape index (κ1) is 48.5. The van der Waals surface area contributed by atoms with Gasteiger partial charge in [-0.25, -0.2) is 0 Å². The molecule has 0 heterocycles. The Morgan fingerprint density at radius 2 is 0.434 bits per heavy atom. The molecule has 0 aliphatic heterocycles. The van der Waals surface area contributed by atoms with Crippen molar-refractivity contribution in [2.24, 2.45) is 0 Å². The summed E-state index contributed by atoms with van der Waals surface area (Å²) in [5.74, 6) is 1.70. The van der Waals surface area contributed by atoms with Crippen LogP contribution in [0.15, 0.2) is 60.7 Å². The molecule has 2 rings (SSSR count). The summed E-state index contributed by atoms with van der Waals surface area (Å²) in [6, 6.07) is 19.3. The first-order chi connectivity index (χ1) is 26.4. The highest BCUT2D eigenvalue weighted by Crippen LogP contribution is 2.08. The molecule has 53 heavy (non-hydrogen) atoms. The van der Waals surface area contributed by atoms with Crippen LogP contribution >= 0.6 is 0 Å². The van der Waals surface area contributed by atoms with Crippen LogP contribution in [-0.2, 0) is 52.1 Å². The highest BCUT2D eigenvalue weighted by molar-refractivity contribution is 5.21. The van der Waals surface area contributed by atoms with Gasteiger partial charge in [0.1, 0.15) is 24.7 Å². The van der Waals surface area contributed by atoms with Gasteiger partial charge in [-0.2, -0.15) is 0 Å². The maximum absolute atomic E-state index is 8.53. The van der Waals surface area contributed by atoms with Gasteiger partial charge in [0.25, 0.3) is 0 Å². The van der Waals surface area contributed by atoms with Crippen LogP contribution < -0.4 is 9.47 Å². The number of aliphatic hydroxyl groups excluding tert-OH is 2. The molecule has 0 aromatic heterocycles. The minimum Gasteiger partial charge on any atom is -0.491 e. The van der Waals surface area contributed by atoms with Gasteiger partial charge in [0.2, 0.25) is 0 Å². The Labute approximate surface area is 315 Å². The van der Waals surface area contributed by atoms with Gasteiger partial charge in [0.15, 0.2) is 0 Å². The van der Waals surface area contributed by atoms with Crippen molar-refractivity contribution >= 4 is 0 Å². The zero-order valence-corrected chi connectivity index (χ0v) is 31.4. The van der Waals surface area contributed by atoms with Crippen molar-refractivity contribution in [1.82, 2.24) is 0 Å². The topological polar surface area (TPSA) is 160 Å². The summed E-state index contributed by atoms with van der Waals surface area (Å²) >= 11 is 0. The largest absolute Gasteiger partial charge is 0.491 e. The molecule has 0 aliphatic carbocycles. The van der Waals surface area contributed by atoms with Gasteiger partial charge in [0, 0.05) is 0 Å². The summed E-state index contributed by atoms with van der Waals surface area (Å²) in [5.41, 5.74) is 0. The third-order valence-electron chi connectivity index (χ3n) is 6.30. The summed E-state index contributed by atoms with van der Waals surface area (Å²) in [4.78, 5) is 0. The molecule has 0 bridgehead atoms. The lowest BCUT2D eigenvalue weighted by molar-refractivity contribution is -0.0191. The van der Waals surface area contributed by atoms with Crippen molar-refractivity contribution < 1.29 is 71.8 Å². The monoisotopic (exact) mass is 760 g/mol. The zero-order valence-electron chi connectivity index (χ0n) is 31.4. The second-order valence-electron chi connectivity index (χ2n) is 10.5. The Morgan fingerprint density at radius 3 is 0.642 bits per heavy atom. The van der Waals surface area contributed by atoms with Gasteiger partial charge < -0.3 is 71.8 Å². The standard InChI is InChI=1S/C20H34O8.C18H30O7/c21-6-7-22-8-9-23-10-11-24-12-13-25-14-15-26-16-17-27-18-19-28-20-4-2-1-3-5-20;19-6-7-20-8-9-21-10-11-22-12-13-23-14-15-24-16-17-25-18-4-2-1-3-5-18/h1-5,21H,6-19H2;1-5,19H,6-17H2. The second kappa shape index (κ2) is 42.3. The van der Waals surface area contributed by atoms with Crippen LogP contribution in [0.25, 0.3) is 0 Å². The molecular weight excluding hydrogens is 696 g/mol. The third-order valence-corrected chi connectivity index (χ3v) is 6.30. The van der Waals surface area contributed by atoms with Crippen LogP contribution in [0.3, 0.4) is 0 Å². The van der Waals surface area contributed by atoms with E-state index in [-0.39, 0.29) is 13.2 Å². The molecule has 0 unspecified atom stereocenters. The minimum atomic E-state index is 0.0343. The minimum absolute atomic E-state index is 0.0343. The first-order valence-corrected chi connectivity index (χ1v) is 18.3. The van der Waals surface area contributed by atoms with Crippen molar-refractivity contribution in [3.05, 3.63) is 60.7 Å². The SMILES string of the molecule is OCCOCCOCCOCCOCCOCCOCCOc1ccccc1.OCCOCCOCCOCCOCCOCCOc1ccccc1. The van der Waals surface area contributed by atoms with Crippen molar-refractivity contribution in [2.45, 2.75) is 0 Å². The maximum atomic E-state index is 8.53. The molecule has 0 radical (unpaired) electrons. The molecule has 2 aromatic carbocycles. The molecule has 2 aromatic rings. The lowest BCUT2D eigenvalue weighted by Crippen LogP contribution is -2.15. The van der Waals surface area contributed by atoms with Gasteiger partial charge in [-0.3, -0.25) is 0 Å². The van der Waals surface area contributed by atoms with E-state index in [9.17, 15) is 0 Å². The van der Waals surface area contributed by atoms with E-state index in [4.69, 9.17) is 71.8 Å². The predicted octanol–water partition coefficient (Wildman–Crippen LogP) is 2.30. The van der Waals surface area contributed by atoms with Crippen molar-refractivity contribution in [2.75, 3.05) is 172 Å². The van der Waals surface area contributed by atoms with Crippen LogP contribution in [0, 0.1) is 0 Å². The normalized spacial score (nSPS) is 11.0. The Bertz CT molecular complexity index is 946. The summed E-state index contributed by atoms with van der Waals surface area (Å²) in [5, 5.41) is 17.0. The van der Waals surface area contributed by atoms with Crippen molar-refractivity contribution in [1.29, 1.82) is 0 Å². The number of rotatable bonds is 39. The fraction of sp³-hybridized carbons (Fsp3) is 0.684. The van der Waals surface area contributed by atoms with E-state index in [2.05, 4.69) is 0 Å². The van der Waals surface area contributed by atoms with E-state index in [0.29, 0.717) is 159 Å². The van der Waals surface area contributed by atoms with Gasteiger partial charge in [-0.1, -0.05) is 36.4 Å². The summed E-state index contributed by atoms with van der Waals surface area (Å²) < 4.78 is 69.5. The van der Waals surface area contributed by atoms with Gasteiger partial charge in [-0.15, -0.1) is 0 Å². The van der Waals surface area contributed by atoms with E-state index < -0.39 is 0 Å². The van der Waals surface area contributed by atoms with Crippen molar-refractivity contribution in [3.8, 4) is 11.5 Å². The fourth-order valence-corrected chi connectivity index (χ4v) is 3.78. The molecule has 0 spiro atoms. The molecule has 0 saturated heterocycles. The molecule has 2 N–H and O–H groups in total. The molecule has 306 valence electrons. The van der Waals surface area contributed by atoms with Crippen LogP contribution in [0.1, 0.15) is 0 Å². The number of ether oxygens (including phenoxy) is 13. The van der Waals surface area contributed by atoms with E-state index in [1.807, 2.05) is 60.7 Å². The lowest BCUT2D eigenvalue weighted by Gasteiger charge is -2.08. The number of hydrogen-bond donors (Lipinski definition) is 2. The summed E-state index contributed by atoms with van der Waals surface area (Å²) in [6.07, 6.45) is 0. The predicted molar refractivity (Wildman–Crippen MR) is 197 cm³/mol. The molecule has 0 fully saturated rings. The molecule has 0 atom stereocenters. The Balaban J connectivity index is 0.000000533. The molecule has 0 aliphatic rings. The third kappa shape index (κ3) is 37.6. The van der Waals surface area contributed by atoms with Gasteiger partial charge >= 0.3 is 0 Å². The molecule has 15 heteroatoms. The van der Waals surface area contributed by atoms with E-state index >= 15 is 0 Å².